The molecule has 1 fully saturated rings. The molecule has 0 aliphatic carbocycles. The molecular formula is C12H16N2O3S. The Morgan fingerprint density at radius 1 is 1.33 bits per heavy atom. The molecular weight excluding hydrogens is 252 g/mol. The molecule has 1 aliphatic heterocycles. The van der Waals surface area contributed by atoms with Gasteiger partial charge < -0.3 is 0 Å². The van der Waals surface area contributed by atoms with Crippen LogP contribution >= 0.6 is 0 Å². The molecule has 1 heterocycles. The summed E-state index contributed by atoms with van der Waals surface area (Å²) < 4.78 is 27.1. The molecule has 1 aromatic carbocycles. The zero-order chi connectivity index (χ0) is 13.2. The third-order valence-corrected chi connectivity index (χ3v) is 4.70. The Bertz CT molecular complexity index is 528. The molecule has 5 nitrogen and oxygen atoms in total. The zero-order valence-corrected chi connectivity index (χ0v) is 11.0. The minimum atomic E-state index is -3.54. The molecule has 1 aromatic rings. The molecule has 1 atom stereocenters. The van der Waals surface area contributed by atoms with Gasteiger partial charge in [-0.05, 0) is 12.8 Å². The van der Waals surface area contributed by atoms with E-state index in [4.69, 9.17) is 0 Å². The van der Waals surface area contributed by atoms with Crippen LogP contribution < -0.4 is 4.72 Å². The van der Waals surface area contributed by atoms with Crippen LogP contribution in [0.5, 0.6) is 0 Å². The van der Waals surface area contributed by atoms with E-state index >= 15 is 0 Å². The number of carbonyl (C=O) groups excluding carboxylic acids is 1. The summed E-state index contributed by atoms with van der Waals surface area (Å²) in [6, 6.07) is 8.23. The van der Waals surface area contributed by atoms with Crippen LogP contribution in [0.3, 0.4) is 0 Å². The summed E-state index contributed by atoms with van der Waals surface area (Å²) in [7, 11) is -2.18. The molecule has 0 spiro atoms. The molecule has 1 unspecified atom stereocenters. The average molecular weight is 268 g/mol. The Labute approximate surface area is 107 Å². The Hall–Kier alpha value is -1.24. The van der Waals surface area contributed by atoms with Crippen LogP contribution in [-0.4, -0.2) is 38.1 Å². The van der Waals surface area contributed by atoms with Crippen LogP contribution in [0.15, 0.2) is 30.3 Å². The van der Waals surface area contributed by atoms with E-state index in [1.54, 1.807) is 24.3 Å². The first-order valence-corrected chi connectivity index (χ1v) is 7.30. The Morgan fingerprint density at radius 2 is 2.00 bits per heavy atom. The van der Waals surface area contributed by atoms with Crippen molar-refractivity contribution in [2.24, 2.45) is 0 Å². The summed E-state index contributed by atoms with van der Waals surface area (Å²) in [5.41, 5.74) is 0.556. The van der Waals surface area contributed by atoms with Crippen LogP contribution in [0.4, 0.5) is 0 Å². The normalized spacial score (nSPS) is 21.1. The first-order valence-electron chi connectivity index (χ1n) is 5.86. The number of hydrogen-bond acceptors (Lipinski definition) is 3. The van der Waals surface area contributed by atoms with Crippen molar-refractivity contribution >= 4 is 16.0 Å². The lowest BCUT2D eigenvalue weighted by Gasteiger charge is -2.22. The maximum Gasteiger partial charge on any atom is 0.279 e. The first-order chi connectivity index (χ1) is 8.56. The van der Waals surface area contributed by atoms with Crippen molar-refractivity contribution in [3.8, 4) is 0 Å². The predicted molar refractivity (Wildman–Crippen MR) is 68.5 cm³/mol. The number of nitrogens with one attached hydrogen (secondary N) is 1. The molecule has 98 valence electrons. The molecule has 2 rings (SSSR count). The van der Waals surface area contributed by atoms with Gasteiger partial charge in [-0.1, -0.05) is 30.3 Å². The van der Waals surface area contributed by atoms with Crippen LogP contribution in [0.25, 0.3) is 0 Å². The SMILES string of the molecule is CNS(=O)(=O)N1CCCC1C(=O)c1ccccc1. The lowest BCUT2D eigenvalue weighted by molar-refractivity contribution is 0.0917. The monoisotopic (exact) mass is 268 g/mol. The van der Waals surface area contributed by atoms with E-state index in [-0.39, 0.29) is 5.78 Å². The maximum atomic E-state index is 12.3. The maximum absolute atomic E-state index is 12.3. The van der Waals surface area contributed by atoms with Crippen molar-refractivity contribution in [1.82, 2.24) is 9.03 Å². The highest BCUT2D eigenvalue weighted by molar-refractivity contribution is 7.87. The lowest BCUT2D eigenvalue weighted by Crippen LogP contribution is -2.45. The fourth-order valence-corrected chi connectivity index (χ4v) is 3.34. The third-order valence-electron chi connectivity index (χ3n) is 3.13. The van der Waals surface area contributed by atoms with Gasteiger partial charge in [-0.15, -0.1) is 0 Å². The quantitative estimate of drug-likeness (QED) is 0.821. The van der Waals surface area contributed by atoms with E-state index in [0.29, 0.717) is 24.9 Å². The Balaban J connectivity index is 2.26. The molecule has 18 heavy (non-hydrogen) atoms. The Kier molecular flexibility index (Phi) is 3.79. The highest BCUT2D eigenvalue weighted by Gasteiger charge is 2.38. The predicted octanol–water partition coefficient (Wildman–Crippen LogP) is 0.798. The summed E-state index contributed by atoms with van der Waals surface area (Å²) in [4.78, 5) is 12.3. The number of ketones is 1. The van der Waals surface area contributed by atoms with Gasteiger partial charge in [0.05, 0.1) is 6.04 Å². The van der Waals surface area contributed by atoms with Crippen molar-refractivity contribution < 1.29 is 13.2 Å². The van der Waals surface area contributed by atoms with Gasteiger partial charge in [0, 0.05) is 19.2 Å². The van der Waals surface area contributed by atoms with Gasteiger partial charge in [-0.25, -0.2) is 4.72 Å². The van der Waals surface area contributed by atoms with Gasteiger partial charge in [-0.2, -0.15) is 12.7 Å². The zero-order valence-electron chi connectivity index (χ0n) is 10.2. The minimum absolute atomic E-state index is 0.132. The molecule has 1 saturated heterocycles. The van der Waals surface area contributed by atoms with Gasteiger partial charge in [0.1, 0.15) is 0 Å². The summed E-state index contributed by atoms with van der Waals surface area (Å²) in [5.74, 6) is -0.132. The number of Topliss-reactive ketones (excluding diaryl/α,β-unsaturated/α-hetero) is 1. The first kappa shape index (κ1) is 13.2. The second-order valence-corrected chi connectivity index (χ2v) is 6.04. The second-order valence-electron chi connectivity index (χ2n) is 4.21. The number of carbonyl (C=O) groups is 1. The van der Waals surface area contributed by atoms with Crippen molar-refractivity contribution in [1.29, 1.82) is 0 Å². The number of hydrogen-bond donors (Lipinski definition) is 1. The van der Waals surface area contributed by atoms with Crippen molar-refractivity contribution in [2.45, 2.75) is 18.9 Å². The molecule has 1 aliphatic rings. The van der Waals surface area contributed by atoms with Crippen LogP contribution in [0.2, 0.25) is 0 Å². The highest BCUT2D eigenvalue weighted by atomic mass is 32.2. The topological polar surface area (TPSA) is 66.5 Å². The van der Waals surface area contributed by atoms with Crippen LogP contribution in [-0.2, 0) is 10.2 Å². The Morgan fingerprint density at radius 3 is 2.61 bits per heavy atom. The molecule has 0 bridgehead atoms. The molecule has 0 saturated carbocycles. The van der Waals surface area contributed by atoms with E-state index in [9.17, 15) is 13.2 Å². The number of rotatable bonds is 4. The minimum Gasteiger partial charge on any atom is -0.292 e. The van der Waals surface area contributed by atoms with Gasteiger partial charge in [0.25, 0.3) is 10.2 Å². The lowest BCUT2D eigenvalue weighted by atomic mass is 10.0. The molecule has 1 N–H and O–H groups in total. The van der Waals surface area contributed by atoms with Gasteiger partial charge in [-0.3, -0.25) is 4.79 Å². The number of nitrogens with zero attached hydrogens (tertiary/aromatic N) is 1. The van der Waals surface area contributed by atoms with Gasteiger partial charge in [0.15, 0.2) is 5.78 Å². The van der Waals surface area contributed by atoms with Crippen molar-refractivity contribution in [3.63, 3.8) is 0 Å². The highest BCUT2D eigenvalue weighted by Crippen LogP contribution is 2.23. The third kappa shape index (κ3) is 2.45. The van der Waals surface area contributed by atoms with Crippen molar-refractivity contribution in [3.05, 3.63) is 35.9 Å². The van der Waals surface area contributed by atoms with E-state index in [1.807, 2.05) is 6.07 Å². The van der Waals surface area contributed by atoms with Crippen LogP contribution in [0, 0.1) is 0 Å². The number of benzene rings is 1. The molecule has 0 radical (unpaired) electrons. The molecule has 0 aromatic heterocycles. The standard InChI is InChI=1S/C12H16N2O3S/c1-13-18(16,17)14-9-5-8-11(14)12(15)10-6-3-2-4-7-10/h2-4,6-7,11,13H,5,8-9H2,1H3. The molecule has 6 heteroatoms. The van der Waals surface area contributed by atoms with Crippen LogP contribution in [0.1, 0.15) is 23.2 Å². The van der Waals surface area contributed by atoms with E-state index in [1.165, 1.54) is 11.4 Å². The van der Waals surface area contributed by atoms with E-state index < -0.39 is 16.3 Å². The average Bonchev–Trinajstić information content (AvgIpc) is 2.89. The summed E-state index contributed by atoms with van der Waals surface area (Å²) in [6.45, 7) is 0.395. The fraction of sp³-hybridized carbons (Fsp3) is 0.417. The van der Waals surface area contributed by atoms with Gasteiger partial charge in [0.2, 0.25) is 0 Å². The summed E-state index contributed by atoms with van der Waals surface area (Å²) in [6.07, 6.45) is 1.29. The van der Waals surface area contributed by atoms with Gasteiger partial charge >= 0.3 is 0 Å². The fourth-order valence-electron chi connectivity index (χ4n) is 2.20. The second kappa shape index (κ2) is 5.17. The smallest absolute Gasteiger partial charge is 0.279 e. The molecule has 0 amide bonds. The summed E-state index contributed by atoms with van der Waals surface area (Å²) in [5, 5.41) is 0. The largest absolute Gasteiger partial charge is 0.292 e. The van der Waals surface area contributed by atoms with E-state index in [2.05, 4.69) is 4.72 Å². The van der Waals surface area contributed by atoms with Crippen molar-refractivity contribution in [2.75, 3.05) is 13.6 Å². The summed E-state index contributed by atoms with van der Waals surface area (Å²) >= 11 is 0. The van der Waals surface area contributed by atoms with E-state index in [0.717, 1.165) is 0 Å².